The minimum atomic E-state index is -4.84. The van der Waals surface area contributed by atoms with E-state index in [1.54, 1.807) is 12.1 Å². The van der Waals surface area contributed by atoms with E-state index in [2.05, 4.69) is 9.46 Å². The maximum Gasteiger partial charge on any atom is 0.573 e. The zero-order valence-electron chi connectivity index (χ0n) is 14.3. The minimum absolute atomic E-state index is 0.0719. The van der Waals surface area contributed by atoms with E-state index in [-0.39, 0.29) is 16.9 Å². The van der Waals surface area contributed by atoms with E-state index in [9.17, 15) is 21.6 Å². The van der Waals surface area contributed by atoms with Gasteiger partial charge in [-0.25, -0.2) is 13.1 Å². The Bertz CT molecular complexity index is 950. The van der Waals surface area contributed by atoms with Crippen molar-refractivity contribution in [3.63, 3.8) is 0 Å². The Hall–Kier alpha value is -1.48. The molecule has 4 nitrogen and oxygen atoms in total. The first-order chi connectivity index (χ1) is 13.0. The number of alkyl halides is 3. The fourth-order valence-corrected chi connectivity index (χ4v) is 4.95. The van der Waals surface area contributed by atoms with Gasteiger partial charge < -0.3 is 4.74 Å². The van der Waals surface area contributed by atoms with Crippen molar-refractivity contribution in [2.24, 2.45) is 0 Å². The summed E-state index contributed by atoms with van der Waals surface area (Å²) in [4.78, 5) is -0.137. The molecule has 0 aromatic heterocycles. The number of hydrogen-bond acceptors (Lipinski definition) is 3. The van der Waals surface area contributed by atoms with Crippen LogP contribution >= 0.6 is 23.2 Å². The van der Waals surface area contributed by atoms with Gasteiger partial charge in [0.1, 0.15) is 5.75 Å². The van der Waals surface area contributed by atoms with E-state index in [1.807, 2.05) is 6.07 Å². The number of halogens is 5. The molecule has 1 aliphatic rings. The van der Waals surface area contributed by atoms with Crippen molar-refractivity contribution < 1.29 is 26.3 Å². The third-order valence-electron chi connectivity index (χ3n) is 4.56. The molecule has 0 spiro atoms. The highest BCUT2D eigenvalue weighted by Gasteiger charge is 2.33. The normalized spacial score (nSPS) is 20.3. The van der Waals surface area contributed by atoms with Gasteiger partial charge in [0.2, 0.25) is 10.0 Å². The summed E-state index contributed by atoms with van der Waals surface area (Å²) >= 11 is 12.0. The summed E-state index contributed by atoms with van der Waals surface area (Å²) in [6.45, 7) is 0. The molecule has 0 radical (unpaired) electrons. The van der Waals surface area contributed by atoms with E-state index < -0.39 is 22.1 Å². The average Bonchev–Trinajstić information content (AvgIpc) is 3.04. The molecule has 0 bridgehead atoms. The molecule has 28 heavy (non-hydrogen) atoms. The quantitative estimate of drug-likeness (QED) is 0.649. The molecule has 0 aliphatic heterocycles. The lowest BCUT2D eigenvalue weighted by Gasteiger charge is -2.22. The van der Waals surface area contributed by atoms with Crippen LogP contribution in [0.2, 0.25) is 10.0 Å². The number of ether oxygens (including phenoxy) is 1. The Morgan fingerprint density at radius 3 is 2.29 bits per heavy atom. The molecule has 2 aromatic carbocycles. The maximum absolute atomic E-state index is 12.7. The van der Waals surface area contributed by atoms with Gasteiger partial charge >= 0.3 is 6.36 Å². The molecular weight excluding hydrogens is 438 g/mol. The second kappa shape index (κ2) is 8.10. The fourth-order valence-electron chi connectivity index (χ4n) is 3.33. The summed E-state index contributed by atoms with van der Waals surface area (Å²) in [5.41, 5.74) is 0.883. The van der Waals surface area contributed by atoms with Crippen molar-refractivity contribution >= 4 is 33.2 Å². The SMILES string of the molecule is O=S(=O)(NC1CCCC1c1ccc(Cl)c(Cl)c1)c1ccc(OC(F)(F)F)cc1. The van der Waals surface area contributed by atoms with Crippen LogP contribution in [0.3, 0.4) is 0 Å². The van der Waals surface area contributed by atoms with E-state index in [0.29, 0.717) is 16.5 Å². The standard InChI is InChI=1S/C18H16Cl2F3NO3S/c19-15-9-4-11(10-16(15)20)14-2-1-3-17(14)24-28(25,26)13-7-5-12(6-8-13)27-18(21,22)23/h4-10,14,17,24H,1-3H2. The maximum atomic E-state index is 12.7. The molecule has 10 heteroatoms. The molecule has 1 saturated carbocycles. The van der Waals surface area contributed by atoms with Crippen LogP contribution in [0, 0.1) is 0 Å². The second-order valence-electron chi connectivity index (χ2n) is 6.46. The molecule has 1 fully saturated rings. The molecule has 0 saturated heterocycles. The lowest BCUT2D eigenvalue weighted by atomic mass is 9.95. The van der Waals surface area contributed by atoms with Crippen molar-refractivity contribution in [3.05, 3.63) is 58.1 Å². The Labute approximate surface area is 170 Å². The van der Waals surface area contributed by atoms with Crippen LogP contribution < -0.4 is 9.46 Å². The zero-order valence-corrected chi connectivity index (χ0v) is 16.7. The van der Waals surface area contributed by atoms with Crippen LogP contribution in [-0.4, -0.2) is 20.8 Å². The third kappa shape index (κ3) is 5.11. The van der Waals surface area contributed by atoms with Crippen LogP contribution in [0.25, 0.3) is 0 Å². The van der Waals surface area contributed by atoms with Gasteiger partial charge in [0.05, 0.1) is 14.9 Å². The monoisotopic (exact) mass is 453 g/mol. The molecule has 1 aliphatic carbocycles. The Morgan fingerprint density at radius 2 is 1.68 bits per heavy atom. The number of benzene rings is 2. The number of rotatable bonds is 5. The van der Waals surface area contributed by atoms with Crippen LogP contribution in [0.1, 0.15) is 30.7 Å². The predicted molar refractivity (Wildman–Crippen MR) is 100 cm³/mol. The average molecular weight is 454 g/mol. The number of nitrogens with one attached hydrogen (secondary N) is 1. The predicted octanol–water partition coefficient (Wildman–Crippen LogP) is 5.51. The van der Waals surface area contributed by atoms with Gasteiger partial charge in [-0.1, -0.05) is 35.7 Å². The molecule has 2 aromatic rings. The highest BCUT2D eigenvalue weighted by Crippen LogP contribution is 2.37. The highest BCUT2D eigenvalue weighted by molar-refractivity contribution is 7.89. The van der Waals surface area contributed by atoms with Crippen LogP contribution in [0.4, 0.5) is 13.2 Å². The van der Waals surface area contributed by atoms with Gasteiger partial charge in [0.15, 0.2) is 0 Å². The molecular formula is C18H16Cl2F3NO3S. The first kappa shape index (κ1) is 21.2. The zero-order chi connectivity index (χ0) is 20.5. The molecule has 1 N–H and O–H groups in total. The summed E-state index contributed by atoms with van der Waals surface area (Å²) in [6.07, 6.45) is -2.59. The van der Waals surface area contributed by atoms with Crippen molar-refractivity contribution in [1.29, 1.82) is 0 Å². The molecule has 152 valence electrons. The molecule has 0 heterocycles. The summed E-state index contributed by atoms with van der Waals surface area (Å²) in [5.74, 6) is -0.557. The van der Waals surface area contributed by atoms with E-state index in [4.69, 9.17) is 23.2 Å². The van der Waals surface area contributed by atoms with Crippen molar-refractivity contribution in [3.8, 4) is 5.75 Å². The molecule has 2 unspecified atom stereocenters. The van der Waals surface area contributed by atoms with Gasteiger partial charge in [-0.3, -0.25) is 0 Å². The molecule has 2 atom stereocenters. The van der Waals surface area contributed by atoms with Gasteiger partial charge in [-0.15, -0.1) is 13.2 Å². The van der Waals surface area contributed by atoms with E-state index in [0.717, 1.165) is 42.7 Å². The summed E-state index contributed by atoms with van der Waals surface area (Å²) in [7, 11) is -3.91. The summed E-state index contributed by atoms with van der Waals surface area (Å²) < 4.78 is 68.4. The first-order valence-corrected chi connectivity index (χ1v) is 10.6. The van der Waals surface area contributed by atoms with Gasteiger partial charge in [0, 0.05) is 12.0 Å². The van der Waals surface area contributed by atoms with Crippen molar-refractivity contribution in [2.45, 2.75) is 42.5 Å². The summed E-state index contributed by atoms with van der Waals surface area (Å²) in [6, 6.07) is 8.94. The lowest BCUT2D eigenvalue weighted by molar-refractivity contribution is -0.274. The smallest absolute Gasteiger partial charge is 0.406 e. The van der Waals surface area contributed by atoms with Crippen molar-refractivity contribution in [2.75, 3.05) is 0 Å². The topological polar surface area (TPSA) is 55.4 Å². The minimum Gasteiger partial charge on any atom is -0.406 e. The Balaban J connectivity index is 1.76. The number of hydrogen-bond donors (Lipinski definition) is 1. The first-order valence-electron chi connectivity index (χ1n) is 8.38. The Morgan fingerprint density at radius 1 is 1.00 bits per heavy atom. The fraction of sp³-hybridized carbons (Fsp3) is 0.333. The van der Waals surface area contributed by atoms with Crippen LogP contribution in [0.15, 0.2) is 47.4 Å². The highest BCUT2D eigenvalue weighted by atomic mass is 35.5. The third-order valence-corrected chi connectivity index (χ3v) is 6.81. The van der Waals surface area contributed by atoms with Gasteiger partial charge in [-0.2, -0.15) is 0 Å². The molecule has 0 amide bonds. The summed E-state index contributed by atoms with van der Waals surface area (Å²) in [5, 5.41) is 0.814. The number of sulfonamides is 1. The van der Waals surface area contributed by atoms with Crippen LogP contribution in [-0.2, 0) is 10.0 Å². The van der Waals surface area contributed by atoms with Gasteiger partial charge in [0.25, 0.3) is 0 Å². The second-order valence-corrected chi connectivity index (χ2v) is 8.99. The van der Waals surface area contributed by atoms with Gasteiger partial charge in [-0.05, 0) is 54.8 Å². The Kier molecular flexibility index (Phi) is 6.14. The largest absolute Gasteiger partial charge is 0.573 e. The van der Waals surface area contributed by atoms with Crippen molar-refractivity contribution in [1.82, 2.24) is 4.72 Å². The van der Waals surface area contributed by atoms with E-state index in [1.165, 1.54) is 0 Å². The lowest BCUT2D eigenvalue weighted by Crippen LogP contribution is -2.36. The van der Waals surface area contributed by atoms with E-state index >= 15 is 0 Å². The molecule has 3 rings (SSSR count). The van der Waals surface area contributed by atoms with Crippen LogP contribution in [0.5, 0.6) is 5.75 Å².